The molecule has 134 valence electrons. The first-order valence-electron chi connectivity index (χ1n) is 9.83. The minimum absolute atomic E-state index is 0.0255. The number of fused-ring (bicyclic) bond motifs is 5. The monoisotopic (exact) mass is 332 g/mol. The van der Waals surface area contributed by atoms with E-state index in [9.17, 15) is 15.0 Å². The fourth-order valence-electron chi connectivity index (χ4n) is 7.39. The van der Waals surface area contributed by atoms with Crippen molar-refractivity contribution in [3.05, 3.63) is 11.6 Å². The Bertz CT molecular complexity index is 582. The molecule has 0 radical (unpaired) electrons. The average molecular weight is 332 g/mol. The topological polar surface area (TPSA) is 57.5 Å². The maximum Gasteiger partial charge on any atom is 0.136 e. The standard InChI is InChI=1S/C21H32O3/c1-12(22)19-18(24)11-17-15-5-4-13-10-14(23)6-8-20(13,2)16(15)7-9-21(17,19)3/h4,14-19,23-24H,5-11H2,1-3H3/t14-,15-,16+,17-,18-,19-,20+,21-/m1/s1. The lowest BCUT2D eigenvalue weighted by molar-refractivity contribution is -0.130. The van der Waals surface area contributed by atoms with Gasteiger partial charge in [0, 0.05) is 5.92 Å². The van der Waals surface area contributed by atoms with Crippen LogP contribution in [0.25, 0.3) is 0 Å². The van der Waals surface area contributed by atoms with Crippen molar-refractivity contribution < 1.29 is 15.0 Å². The van der Waals surface area contributed by atoms with E-state index >= 15 is 0 Å². The number of carbonyl (C=O) groups excluding carboxylic acids is 1. The summed E-state index contributed by atoms with van der Waals surface area (Å²) in [6.07, 6.45) is 8.73. The number of hydrogen-bond acceptors (Lipinski definition) is 3. The summed E-state index contributed by atoms with van der Waals surface area (Å²) in [5.74, 6) is 1.70. The zero-order valence-corrected chi connectivity index (χ0v) is 15.3. The van der Waals surface area contributed by atoms with Gasteiger partial charge in [-0.25, -0.2) is 0 Å². The third kappa shape index (κ3) is 2.13. The third-order valence-corrected chi connectivity index (χ3v) is 8.54. The molecule has 0 aromatic carbocycles. The molecule has 0 aliphatic heterocycles. The van der Waals surface area contributed by atoms with Crippen molar-refractivity contribution in [1.29, 1.82) is 0 Å². The number of Topliss-reactive ketones (excluding diaryl/α,β-unsaturated/α-hetero) is 1. The molecule has 4 rings (SSSR count). The molecule has 8 atom stereocenters. The van der Waals surface area contributed by atoms with Crippen LogP contribution < -0.4 is 0 Å². The highest BCUT2D eigenvalue weighted by molar-refractivity contribution is 5.80. The van der Waals surface area contributed by atoms with Crippen molar-refractivity contribution in [2.24, 2.45) is 34.5 Å². The van der Waals surface area contributed by atoms with Crippen molar-refractivity contribution in [2.75, 3.05) is 0 Å². The molecule has 4 aliphatic rings. The second-order valence-electron chi connectivity index (χ2n) is 9.59. The Morgan fingerprint density at radius 3 is 2.62 bits per heavy atom. The normalized spacial score (nSPS) is 53.6. The second kappa shape index (κ2) is 5.41. The van der Waals surface area contributed by atoms with Crippen molar-refractivity contribution in [3.8, 4) is 0 Å². The molecule has 24 heavy (non-hydrogen) atoms. The van der Waals surface area contributed by atoms with Crippen molar-refractivity contribution in [1.82, 2.24) is 0 Å². The van der Waals surface area contributed by atoms with Crippen LogP contribution in [-0.2, 0) is 4.79 Å². The number of aliphatic hydroxyl groups is 2. The molecule has 0 aromatic heterocycles. The summed E-state index contributed by atoms with van der Waals surface area (Å²) in [4.78, 5) is 12.2. The fraction of sp³-hybridized carbons (Fsp3) is 0.857. The van der Waals surface area contributed by atoms with Gasteiger partial charge in [-0.1, -0.05) is 25.5 Å². The third-order valence-electron chi connectivity index (χ3n) is 8.54. The summed E-state index contributed by atoms with van der Waals surface area (Å²) >= 11 is 0. The molecule has 0 heterocycles. The summed E-state index contributed by atoms with van der Waals surface area (Å²) in [5, 5.41) is 20.7. The summed E-state index contributed by atoms with van der Waals surface area (Å²) in [6, 6.07) is 0. The molecule has 3 fully saturated rings. The molecule has 3 heteroatoms. The van der Waals surface area contributed by atoms with Crippen molar-refractivity contribution in [2.45, 2.75) is 77.9 Å². The molecular formula is C21H32O3. The van der Waals surface area contributed by atoms with Crippen LogP contribution in [0, 0.1) is 34.5 Å². The molecule has 3 nitrogen and oxygen atoms in total. The largest absolute Gasteiger partial charge is 0.393 e. The highest BCUT2D eigenvalue weighted by atomic mass is 16.3. The van der Waals surface area contributed by atoms with Crippen LogP contribution in [0.1, 0.15) is 65.7 Å². The summed E-state index contributed by atoms with van der Waals surface area (Å²) in [7, 11) is 0. The number of rotatable bonds is 1. The smallest absolute Gasteiger partial charge is 0.136 e. The first-order valence-corrected chi connectivity index (χ1v) is 9.83. The maximum atomic E-state index is 12.2. The number of aliphatic hydroxyl groups excluding tert-OH is 2. The zero-order chi connectivity index (χ0) is 17.3. The fourth-order valence-corrected chi connectivity index (χ4v) is 7.39. The van der Waals surface area contributed by atoms with Gasteiger partial charge in [-0.3, -0.25) is 4.79 Å². The minimum Gasteiger partial charge on any atom is -0.393 e. The van der Waals surface area contributed by atoms with Gasteiger partial charge in [-0.2, -0.15) is 0 Å². The minimum atomic E-state index is -0.456. The van der Waals surface area contributed by atoms with E-state index in [-0.39, 0.29) is 28.6 Å². The van der Waals surface area contributed by atoms with Crippen LogP contribution in [0.5, 0.6) is 0 Å². The molecule has 0 saturated heterocycles. The van der Waals surface area contributed by atoms with Gasteiger partial charge < -0.3 is 10.2 Å². The highest BCUT2D eigenvalue weighted by Crippen LogP contribution is 2.66. The first-order chi connectivity index (χ1) is 11.3. The van der Waals surface area contributed by atoms with Crippen LogP contribution in [0.3, 0.4) is 0 Å². The molecular weight excluding hydrogens is 300 g/mol. The predicted molar refractivity (Wildman–Crippen MR) is 93.3 cm³/mol. The van der Waals surface area contributed by atoms with Crippen molar-refractivity contribution in [3.63, 3.8) is 0 Å². The summed E-state index contributed by atoms with van der Waals surface area (Å²) in [6.45, 7) is 6.34. The van der Waals surface area contributed by atoms with Crippen LogP contribution in [0.4, 0.5) is 0 Å². The predicted octanol–water partition coefficient (Wildman–Crippen LogP) is 3.49. The van der Waals surface area contributed by atoms with Crippen LogP contribution >= 0.6 is 0 Å². The Balaban J connectivity index is 1.68. The Hall–Kier alpha value is -0.670. The van der Waals surface area contributed by atoms with E-state index < -0.39 is 6.10 Å². The Labute approximate surface area is 145 Å². The van der Waals surface area contributed by atoms with Gasteiger partial charge in [0.05, 0.1) is 12.2 Å². The van der Waals surface area contributed by atoms with Gasteiger partial charge in [0.2, 0.25) is 0 Å². The molecule has 2 N–H and O–H groups in total. The molecule has 3 saturated carbocycles. The maximum absolute atomic E-state index is 12.2. The zero-order valence-electron chi connectivity index (χ0n) is 15.3. The molecule has 0 aromatic rings. The molecule has 0 amide bonds. The van der Waals surface area contributed by atoms with E-state index in [1.807, 2.05) is 0 Å². The quantitative estimate of drug-likeness (QED) is 0.723. The van der Waals surface area contributed by atoms with E-state index in [4.69, 9.17) is 0 Å². The van der Waals surface area contributed by atoms with E-state index in [0.717, 1.165) is 44.9 Å². The SMILES string of the molecule is CC(=O)[C@@H]1[C@H](O)C[C@@H]2[C@@H]3CC=C4C[C@H](O)CC[C@]4(C)[C@H]3CC[C@]21C. The number of allylic oxidation sites excluding steroid dienone is 1. The lowest BCUT2D eigenvalue weighted by Crippen LogP contribution is -2.51. The summed E-state index contributed by atoms with van der Waals surface area (Å²) < 4.78 is 0. The average Bonchev–Trinajstić information content (AvgIpc) is 2.78. The van der Waals surface area contributed by atoms with Gasteiger partial charge in [0.25, 0.3) is 0 Å². The second-order valence-corrected chi connectivity index (χ2v) is 9.59. The van der Waals surface area contributed by atoms with Gasteiger partial charge in [-0.05, 0) is 80.5 Å². The Kier molecular flexibility index (Phi) is 3.78. The van der Waals surface area contributed by atoms with E-state index in [1.165, 1.54) is 5.57 Å². The van der Waals surface area contributed by atoms with Gasteiger partial charge in [-0.15, -0.1) is 0 Å². The number of ketones is 1. The molecule has 0 spiro atoms. The van der Waals surface area contributed by atoms with Crippen LogP contribution in [0.15, 0.2) is 11.6 Å². The van der Waals surface area contributed by atoms with Crippen LogP contribution in [0.2, 0.25) is 0 Å². The van der Waals surface area contributed by atoms with Gasteiger partial charge in [0.1, 0.15) is 5.78 Å². The molecule has 0 unspecified atom stereocenters. The van der Waals surface area contributed by atoms with Crippen LogP contribution in [-0.4, -0.2) is 28.2 Å². The number of hydrogen-bond donors (Lipinski definition) is 2. The highest BCUT2D eigenvalue weighted by Gasteiger charge is 2.61. The Morgan fingerprint density at radius 2 is 1.92 bits per heavy atom. The first kappa shape index (κ1) is 16.8. The Morgan fingerprint density at radius 1 is 1.17 bits per heavy atom. The van der Waals surface area contributed by atoms with Gasteiger partial charge in [0.15, 0.2) is 0 Å². The van der Waals surface area contributed by atoms with E-state index in [2.05, 4.69) is 19.9 Å². The van der Waals surface area contributed by atoms with E-state index in [0.29, 0.717) is 17.8 Å². The van der Waals surface area contributed by atoms with E-state index in [1.54, 1.807) is 6.92 Å². The summed E-state index contributed by atoms with van der Waals surface area (Å²) in [5.41, 5.74) is 1.68. The molecule has 0 bridgehead atoms. The van der Waals surface area contributed by atoms with Crippen molar-refractivity contribution >= 4 is 5.78 Å². The lowest BCUT2D eigenvalue weighted by atomic mass is 9.47. The number of carbonyl (C=O) groups is 1. The molecule has 4 aliphatic carbocycles. The van der Waals surface area contributed by atoms with Gasteiger partial charge >= 0.3 is 0 Å². The lowest BCUT2D eigenvalue weighted by Gasteiger charge is -2.57.